The Balaban J connectivity index is 1.44. The van der Waals surface area contributed by atoms with Crippen LogP contribution in [0.2, 0.25) is 0 Å². The number of rotatable bonds is 4. The van der Waals surface area contributed by atoms with Gasteiger partial charge in [-0.1, -0.05) is 36.4 Å². The van der Waals surface area contributed by atoms with Crippen LogP contribution in [-0.2, 0) is 22.6 Å². The summed E-state index contributed by atoms with van der Waals surface area (Å²) in [5.41, 5.74) is 4.41. The van der Waals surface area contributed by atoms with Crippen molar-refractivity contribution in [2.45, 2.75) is 45.2 Å². The van der Waals surface area contributed by atoms with Crippen molar-refractivity contribution < 1.29 is 9.59 Å². The van der Waals surface area contributed by atoms with E-state index in [9.17, 15) is 9.59 Å². The van der Waals surface area contributed by atoms with Crippen LogP contribution in [0.25, 0.3) is 0 Å². The monoisotopic (exact) mass is 391 g/mol. The van der Waals surface area contributed by atoms with Crippen molar-refractivity contribution in [2.75, 3.05) is 24.5 Å². The molecule has 0 aromatic heterocycles. The normalized spacial score (nSPS) is 18.9. The Morgan fingerprint density at radius 2 is 1.69 bits per heavy atom. The summed E-state index contributed by atoms with van der Waals surface area (Å²) in [4.78, 5) is 29.3. The largest absolute Gasteiger partial charge is 0.372 e. The molecule has 0 radical (unpaired) electrons. The molecule has 2 heterocycles. The number of nitrogens with zero attached hydrogens (tertiary/aromatic N) is 2. The van der Waals surface area contributed by atoms with Crippen LogP contribution in [0.1, 0.15) is 48.9 Å². The molecule has 4 rings (SSSR count). The van der Waals surface area contributed by atoms with Gasteiger partial charge in [-0.25, -0.2) is 0 Å². The van der Waals surface area contributed by atoms with Crippen molar-refractivity contribution in [2.24, 2.45) is 0 Å². The number of amides is 2. The van der Waals surface area contributed by atoms with Gasteiger partial charge in [0.15, 0.2) is 0 Å². The van der Waals surface area contributed by atoms with Gasteiger partial charge in [0.25, 0.3) is 0 Å². The second kappa shape index (κ2) is 8.68. The molecule has 0 spiro atoms. The summed E-state index contributed by atoms with van der Waals surface area (Å²) in [6, 6.07) is 15.8. The van der Waals surface area contributed by atoms with Crippen LogP contribution in [0, 0.1) is 0 Å². The van der Waals surface area contributed by atoms with Crippen LogP contribution in [0.4, 0.5) is 5.69 Å². The number of fused-ring (bicyclic) bond motifs is 1. The molecule has 1 saturated heterocycles. The maximum absolute atomic E-state index is 13.1. The van der Waals surface area contributed by atoms with Crippen molar-refractivity contribution in [3.8, 4) is 0 Å². The van der Waals surface area contributed by atoms with E-state index in [1.807, 2.05) is 24.3 Å². The third-order valence-corrected chi connectivity index (χ3v) is 6.06. The Bertz CT molecular complexity index is 872. The Morgan fingerprint density at radius 1 is 0.966 bits per heavy atom. The minimum atomic E-state index is -0.551. The molecule has 5 heteroatoms. The average molecular weight is 392 g/mol. The second-order valence-corrected chi connectivity index (χ2v) is 8.00. The predicted octanol–water partition coefficient (Wildman–Crippen LogP) is 3.44. The third kappa shape index (κ3) is 4.29. The molecule has 0 bridgehead atoms. The highest BCUT2D eigenvalue weighted by molar-refractivity contribution is 5.88. The van der Waals surface area contributed by atoms with Crippen molar-refractivity contribution in [3.05, 3.63) is 65.2 Å². The zero-order valence-electron chi connectivity index (χ0n) is 17.1. The lowest BCUT2D eigenvalue weighted by Gasteiger charge is -2.35. The van der Waals surface area contributed by atoms with Gasteiger partial charge >= 0.3 is 0 Å². The lowest BCUT2D eigenvalue weighted by atomic mass is 9.92. The lowest BCUT2D eigenvalue weighted by Crippen LogP contribution is -2.46. The zero-order chi connectivity index (χ0) is 20.2. The molecule has 2 aliphatic rings. The lowest BCUT2D eigenvalue weighted by molar-refractivity contribution is -0.139. The number of carbonyl (C=O) groups is 2. The van der Waals surface area contributed by atoms with Gasteiger partial charge in [-0.15, -0.1) is 0 Å². The fraction of sp³-hybridized carbons (Fsp3) is 0.417. The number of carbonyl (C=O) groups excluding carboxylic acids is 2. The minimum absolute atomic E-state index is 0.0643. The fourth-order valence-electron chi connectivity index (χ4n) is 4.45. The summed E-state index contributed by atoms with van der Waals surface area (Å²) >= 11 is 0. The molecule has 0 aliphatic carbocycles. The van der Waals surface area contributed by atoms with E-state index in [0.717, 1.165) is 36.2 Å². The van der Waals surface area contributed by atoms with E-state index in [4.69, 9.17) is 0 Å². The summed E-state index contributed by atoms with van der Waals surface area (Å²) in [6.45, 7) is 4.82. The number of piperidine rings is 1. The first kappa shape index (κ1) is 19.5. The first-order chi connectivity index (χ1) is 14.1. The van der Waals surface area contributed by atoms with E-state index < -0.39 is 6.04 Å². The third-order valence-electron chi connectivity index (χ3n) is 6.06. The van der Waals surface area contributed by atoms with Crippen molar-refractivity contribution in [3.63, 3.8) is 0 Å². The van der Waals surface area contributed by atoms with Crippen molar-refractivity contribution >= 4 is 17.5 Å². The van der Waals surface area contributed by atoms with Gasteiger partial charge < -0.3 is 15.1 Å². The van der Waals surface area contributed by atoms with E-state index in [-0.39, 0.29) is 11.8 Å². The van der Waals surface area contributed by atoms with Gasteiger partial charge in [-0.05, 0) is 54.5 Å². The maximum atomic E-state index is 13.1. The standard InChI is InChI=1S/C24H29N3O2/c1-18(28)27-16-13-20-7-3-4-8-22(20)23(27)24(29)25-17-19-9-11-21(12-10-19)26-14-5-2-6-15-26/h3-4,7-12,23H,2,5-6,13-17H2,1H3,(H,25,29). The van der Waals surface area contributed by atoms with E-state index in [2.05, 4.69) is 34.5 Å². The van der Waals surface area contributed by atoms with E-state index in [1.165, 1.54) is 31.9 Å². The molecule has 0 saturated carbocycles. The topological polar surface area (TPSA) is 52.7 Å². The molecule has 2 amide bonds. The van der Waals surface area contributed by atoms with Crippen LogP contribution in [0.3, 0.4) is 0 Å². The van der Waals surface area contributed by atoms with Gasteiger partial charge in [0.2, 0.25) is 11.8 Å². The molecule has 1 N–H and O–H groups in total. The Labute approximate surface area is 172 Å². The molecule has 2 aliphatic heterocycles. The van der Waals surface area contributed by atoms with Crippen molar-refractivity contribution in [1.29, 1.82) is 0 Å². The number of hydrogen-bond acceptors (Lipinski definition) is 3. The number of benzene rings is 2. The zero-order valence-corrected chi connectivity index (χ0v) is 17.1. The molecule has 5 nitrogen and oxygen atoms in total. The second-order valence-electron chi connectivity index (χ2n) is 8.00. The molecule has 1 atom stereocenters. The van der Waals surface area contributed by atoms with E-state index in [0.29, 0.717) is 13.1 Å². The van der Waals surface area contributed by atoms with Gasteiger partial charge in [0, 0.05) is 38.8 Å². The molecule has 29 heavy (non-hydrogen) atoms. The van der Waals surface area contributed by atoms with Crippen LogP contribution in [0.15, 0.2) is 48.5 Å². The van der Waals surface area contributed by atoms with E-state index in [1.54, 1.807) is 4.90 Å². The highest BCUT2D eigenvalue weighted by atomic mass is 16.2. The first-order valence-electron chi connectivity index (χ1n) is 10.6. The highest BCUT2D eigenvalue weighted by Gasteiger charge is 2.34. The summed E-state index contributed by atoms with van der Waals surface area (Å²) in [5.74, 6) is -0.182. The number of hydrogen-bond donors (Lipinski definition) is 1. The number of nitrogens with one attached hydrogen (secondary N) is 1. The highest BCUT2D eigenvalue weighted by Crippen LogP contribution is 2.30. The predicted molar refractivity (Wildman–Crippen MR) is 115 cm³/mol. The number of anilines is 1. The van der Waals surface area contributed by atoms with Crippen LogP contribution >= 0.6 is 0 Å². The first-order valence-corrected chi connectivity index (χ1v) is 10.6. The smallest absolute Gasteiger partial charge is 0.247 e. The van der Waals surface area contributed by atoms with E-state index >= 15 is 0 Å². The summed E-state index contributed by atoms with van der Waals surface area (Å²) in [5, 5.41) is 3.05. The summed E-state index contributed by atoms with van der Waals surface area (Å²) in [6.07, 6.45) is 4.63. The minimum Gasteiger partial charge on any atom is -0.372 e. The molecular formula is C24H29N3O2. The quantitative estimate of drug-likeness (QED) is 0.869. The maximum Gasteiger partial charge on any atom is 0.247 e. The average Bonchev–Trinajstić information content (AvgIpc) is 2.77. The summed E-state index contributed by atoms with van der Waals surface area (Å²) < 4.78 is 0. The molecule has 2 aromatic rings. The fourth-order valence-corrected chi connectivity index (χ4v) is 4.45. The summed E-state index contributed by atoms with van der Waals surface area (Å²) in [7, 11) is 0. The van der Waals surface area contributed by atoms with Gasteiger partial charge in [-0.2, -0.15) is 0 Å². The Hall–Kier alpha value is -2.82. The van der Waals surface area contributed by atoms with Crippen LogP contribution in [-0.4, -0.2) is 36.3 Å². The van der Waals surface area contributed by atoms with Crippen molar-refractivity contribution in [1.82, 2.24) is 10.2 Å². The SMILES string of the molecule is CC(=O)N1CCc2ccccc2C1C(=O)NCc1ccc(N2CCCCC2)cc1. The molecule has 1 unspecified atom stereocenters. The molecule has 1 fully saturated rings. The molecule has 2 aromatic carbocycles. The Morgan fingerprint density at radius 3 is 2.41 bits per heavy atom. The Kier molecular flexibility index (Phi) is 5.84. The molecule has 152 valence electrons. The molecular weight excluding hydrogens is 362 g/mol. The van der Waals surface area contributed by atoms with Gasteiger partial charge in [-0.3, -0.25) is 9.59 Å². The van der Waals surface area contributed by atoms with Gasteiger partial charge in [0.05, 0.1) is 0 Å². The van der Waals surface area contributed by atoms with Crippen LogP contribution < -0.4 is 10.2 Å². The van der Waals surface area contributed by atoms with Gasteiger partial charge in [0.1, 0.15) is 6.04 Å². The van der Waals surface area contributed by atoms with Crippen LogP contribution in [0.5, 0.6) is 0 Å².